The Labute approximate surface area is 173 Å². The molecule has 5 nitrogen and oxygen atoms in total. The fraction of sp³-hybridized carbons (Fsp3) is 0.316. The number of amides is 1. The van der Waals surface area contributed by atoms with Gasteiger partial charge in [-0.1, -0.05) is 0 Å². The third-order valence-electron chi connectivity index (χ3n) is 4.80. The van der Waals surface area contributed by atoms with Gasteiger partial charge in [-0.25, -0.2) is 8.42 Å². The molecule has 0 radical (unpaired) electrons. The summed E-state index contributed by atoms with van der Waals surface area (Å²) in [7, 11) is -4.06. The maximum atomic E-state index is 12.7. The van der Waals surface area contributed by atoms with Crippen molar-refractivity contribution in [3.8, 4) is 0 Å². The van der Waals surface area contributed by atoms with Gasteiger partial charge in [0.1, 0.15) is 0 Å². The van der Waals surface area contributed by atoms with Gasteiger partial charge in [0.25, 0.3) is 5.91 Å². The van der Waals surface area contributed by atoms with E-state index in [2.05, 4.69) is 0 Å². The summed E-state index contributed by atoms with van der Waals surface area (Å²) in [5.41, 5.74) is -1.83. The summed E-state index contributed by atoms with van der Waals surface area (Å²) >= 11 is 0. The number of rotatable bonds is 3. The number of halogens is 6. The van der Waals surface area contributed by atoms with Crippen LogP contribution in [0.15, 0.2) is 53.4 Å². The Kier molecular flexibility index (Phi) is 6.07. The van der Waals surface area contributed by atoms with Crippen LogP contribution >= 0.6 is 0 Å². The molecule has 2 aromatic carbocycles. The number of nitrogens with zero attached hydrogens (tertiary/aromatic N) is 2. The van der Waals surface area contributed by atoms with Gasteiger partial charge in [-0.15, -0.1) is 0 Å². The summed E-state index contributed by atoms with van der Waals surface area (Å²) < 4.78 is 102. The van der Waals surface area contributed by atoms with Gasteiger partial charge in [0.2, 0.25) is 10.0 Å². The average Bonchev–Trinajstić information content (AvgIpc) is 2.72. The molecule has 168 valence electrons. The van der Waals surface area contributed by atoms with Crippen LogP contribution in [0.5, 0.6) is 0 Å². The van der Waals surface area contributed by atoms with Gasteiger partial charge in [0.15, 0.2) is 0 Å². The Morgan fingerprint density at radius 1 is 0.710 bits per heavy atom. The Bertz CT molecular complexity index is 1040. The summed E-state index contributed by atoms with van der Waals surface area (Å²) in [5, 5.41) is 0. The van der Waals surface area contributed by atoms with E-state index in [1.165, 1.54) is 4.90 Å². The lowest BCUT2D eigenvalue weighted by molar-refractivity contribution is -0.138. The molecule has 3 rings (SSSR count). The third-order valence-corrected chi connectivity index (χ3v) is 6.72. The van der Waals surface area contributed by atoms with Crippen LogP contribution in [0.3, 0.4) is 0 Å². The molecule has 0 bridgehead atoms. The summed E-state index contributed by atoms with van der Waals surface area (Å²) in [4.78, 5) is 13.5. The van der Waals surface area contributed by atoms with Crippen molar-refractivity contribution in [3.63, 3.8) is 0 Å². The molecule has 2 aromatic rings. The van der Waals surface area contributed by atoms with Gasteiger partial charge in [-0.3, -0.25) is 4.79 Å². The maximum Gasteiger partial charge on any atom is 0.416 e. The predicted octanol–water partition coefficient (Wildman–Crippen LogP) is 3.87. The molecule has 1 heterocycles. The zero-order valence-electron chi connectivity index (χ0n) is 15.7. The van der Waals surface area contributed by atoms with Crippen LogP contribution in [-0.2, 0) is 22.4 Å². The lowest BCUT2D eigenvalue weighted by Crippen LogP contribution is -2.50. The minimum Gasteiger partial charge on any atom is -0.336 e. The number of carbonyl (C=O) groups excluding carboxylic acids is 1. The second-order valence-corrected chi connectivity index (χ2v) is 8.73. The molecular weight excluding hydrogens is 450 g/mol. The molecule has 0 saturated carbocycles. The fourth-order valence-corrected chi connectivity index (χ4v) is 4.50. The molecule has 1 aliphatic rings. The van der Waals surface area contributed by atoms with Crippen molar-refractivity contribution in [1.29, 1.82) is 0 Å². The van der Waals surface area contributed by atoms with Gasteiger partial charge >= 0.3 is 12.4 Å². The summed E-state index contributed by atoms with van der Waals surface area (Å²) in [6.07, 6.45) is -9.12. The number of sulfonamides is 1. The Morgan fingerprint density at radius 2 is 1.13 bits per heavy atom. The van der Waals surface area contributed by atoms with Crippen molar-refractivity contribution in [3.05, 3.63) is 65.2 Å². The molecular formula is C19H16F6N2O3S. The molecule has 0 unspecified atom stereocenters. The number of piperazine rings is 1. The standard InChI is InChI=1S/C19H16F6N2O3S/c20-18(21,22)14-3-1-13(2-4-14)17(28)26-9-11-27(12-10-26)31(29,30)16-7-5-15(6-8-16)19(23,24)25/h1-8H,9-12H2. The summed E-state index contributed by atoms with van der Waals surface area (Å²) in [5.74, 6) is -0.541. The minimum atomic E-state index is -4.59. The van der Waals surface area contributed by atoms with E-state index in [1.807, 2.05) is 0 Å². The van der Waals surface area contributed by atoms with E-state index in [4.69, 9.17) is 0 Å². The molecule has 0 N–H and O–H groups in total. The lowest BCUT2D eigenvalue weighted by atomic mass is 10.1. The SMILES string of the molecule is O=C(c1ccc(C(F)(F)F)cc1)N1CCN(S(=O)(=O)c2ccc(C(F)(F)F)cc2)CC1. The Hall–Kier alpha value is -2.60. The van der Waals surface area contributed by atoms with Gasteiger partial charge in [-0.05, 0) is 48.5 Å². The number of benzene rings is 2. The van der Waals surface area contributed by atoms with Crippen LogP contribution in [0.4, 0.5) is 26.3 Å². The average molecular weight is 466 g/mol. The molecule has 12 heteroatoms. The predicted molar refractivity (Wildman–Crippen MR) is 97.6 cm³/mol. The van der Waals surface area contributed by atoms with Gasteiger partial charge in [-0.2, -0.15) is 30.6 Å². The monoisotopic (exact) mass is 466 g/mol. The van der Waals surface area contributed by atoms with E-state index < -0.39 is 39.4 Å². The highest BCUT2D eigenvalue weighted by Crippen LogP contribution is 2.31. The van der Waals surface area contributed by atoms with Gasteiger partial charge < -0.3 is 4.90 Å². The summed E-state index contributed by atoms with van der Waals surface area (Å²) in [6.45, 7) is -0.231. The first-order valence-electron chi connectivity index (χ1n) is 8.94. The largest absolute Gasteiger partial charge is 0.416 e. The van der Waals surface area contributed by atoms with Crippen LogP contribution in [0.2, 0.25) is 0 Å². The normalized spacial score (nSPS) is 16.4. The quantitative estimate of drug-likeness (QED) is 0.646. The first-order valence-corrected chi connectivity index (χ1v) is 10.4. The number of hydrogen-bond donors (Lipinski definition) is 0. The van der Waals surface area contributed by atoms with Crippen molar-refractivity contribution < 1.29 is 39.6 Å². The molecule has 1 amide bonds. The molecule has 1 aliphatic heterocycles. The van der Waals surface area contributed by atoms with E-state index in [0.29, 0.717) is 12.1 Å². The van der Waals surface area contributed by atoms with E-state index in [0.717, 1.165) is 40.7 Å². The minimum absolute atomic E-state index is 0.0142. The highest BCUT2D eigenvalue weighted by molar-refractivity contribution is 7.89. The highest BCUT2D eigenvalue weighted by atomic mass is 32.2. The summed E-state index contributed by atoms with van der Waals surface area (Å²) in [6, 6.07) is 6.79. The molecule has 1 saturated heterocycles. The second-order valence-electron chi connectivity index (χ2n) is 6.79. The van der Waals surface area contributed by atoms with Crippen molar-refractivity contribution in [2.75, 3.05) is 26.2 Å². The number of hydrogen-bond acceptors (Lipinski definition) is 3. The van der Waals surface area contributed by atoms with Crippen molar-refractivity contribution in [2.24, 2.45) is 0 Å². The number of carbonyl (C=O) groups is 1. The second kappa shape index (κ2) is 8.15. The van der Waals surface area contributed by atoms with Crippen molar-refractivity contribution in [2.45, 2.75) is 17.2 Å². The zero-order chi connectivity index (χ0) is 23.0. The van der Waals surface area contributed by atoms with Crippen LogP contribution in [0, 0.1) is 0 Å². The van der Waals surface area contributed by atoms with Crippen molar-refractivity contribution in [1.82, 2.24) is 9.21 Å². The van der Waals surface area contributed by atoms with Crippen molar-refractivity contribution >= 4 is 15.9 Å². The van der Waals surface area contributed by atoms with Gasteiger partial charge in [0, 0.05) is 31.7 Å². The van der Waals surface area contributed by atoms with E-state index in [9.17, 15) is 39.6 Å². The first kappa shape index (κ1) is 23.1. The van der Waals surface area contributed by atoms with E-state index >= 15 is 0 Å². The first-order chi connectivity index (χ1) is 14.3. The maximum absolute atomic E-state index is 12.7. The zero-order valence-corrected chi connectivity index (χ0v) is 16.6. The van der Waals surface area contributed by atoms with Crippen LogP contribution in [-0.4, -0.2) is 49.7 Å². The van der Waals surface area contributed by atoms with E-state index in [-0.39, 0.29) is 36.6 Å². The molecule has 0 spiro atoms. The van der Waals surface area contributed by atoms with Crippen LogP contribution in [0.1, 0.15) is 21.5 Å². The topological polar surface area (TPSA) is 57.7 Å². The highest BCUT2D eigenvalue weighted by Gasteiger charge is 2.34. The van der Waals surface area contributed by atoms with E-state index in [1.54, 1.807) is 0 Å². The molecule has 0 aromatic heterocycles. The Morgan fingerprint density at radius 3 is 1.55 bits per heavy atom. The molecule has 0 atom stereocenters. The van der Waals surface area contributed by atoms with Crippen LogP contribution < -0.4 is 0 Å². The lowest BCUT2D eigenvalue weighted by Gasteiger charge is -2.34. The van der Waals surface area contributed by atoms with Crippen LogP contribution in [0.25, 0.3) is 0 Å². The molecule has 1 fully saturated rings. The third kappa shape index (κ3) is 5.01. The molecule has 31 heavy (non-hydrogen) atoms. The molecule has 0 aliphatic carbocycles. The smallest absolute Gasteiger partial charge is 0.336 e. The fourth-order valence-electron chi connectivity index (χ4n) is 3.08. The van der Waals surface area contributed by atoms with Gasteiger partial charge in [0.05, 0.1) is 16.0 Å². The number of alkyl halides is 6. The Balaban J connectivity index is 1.66.